The van der Waals surface area contributed by atoms with Crippen LogP contribution in [-0.2, 0) is 15.5 Å². The van der Waals surface area contributed by atoms with Crippen molar-refractivity contribution in [1.82, 2.24) is 5.32 Å². The topological polar surface area (TPSA) is 38.3 Å². The van der Waals surface area contributed by atoms with Crippen molar-refractivity contribution in [3.05, 3.63) is 0 Å². The van der Waals surface area contributed by atoms with Crippen LogP contribution in [0.15, 0.2) is 0 Å². The molecule has 15 heavy (non-hydrogen) atoms. The summed E-state index contributed by atoms with van der Waals surface area (Å²) >= 11 is 0. The summed E-state index contributed by atoms with van der Waals surface area (Å²) in [6, 6.07) is 0.309. The van der Waals surface area contributed by atoms with Gasteiger partial charge in [0, 0.05) is 28.7 Å². The van der Waals surface area contributed by atoms with E-state index in [0.29, 0.717) is 6.04 Å². The fraction of sp³-hybridized carbons (Fsp3) is 1.00. The lowest BCUT2D eigenvalue weighted by atomic mass is 10.2. The highest BCUT2D eigenvalue weighted by Crippen LogP contribution is 2.22. The fourth-order valence-corrected chi connectivity index (χ4v) is 3.82. The van der Waals surface area contributed by atoms with Gasteiger partial charge in [0.05, 0.1) is 11.4 Å². The van der Waals surface area contributed by atoms with E-state index in [1.54, 1.807) is 0 Å². The number of hydrogen-bond acceptors (Lipinski definition) is 3. The number of hydrogen-bond donors (Lipinski definition) is 1. The molecule has 1 aliphatic heterocycles. The van der Waals surface area contributed by atoms with E-state index in [1.165, 1.54) is 0 Å². The van der Waals surface area contributed by atoms with Crippen molar-refractivity contribution in [2.75, 3.05) is 13.2 Å². The minimum atomic E-state index is -0.789. The van der Waals surface area contributed by atoms with E-state index in [1.807, 2.05) is 6.92 Å². The highest BCUT2D eigenvalue weighted by atomic mass is 32.2. The number of nitrogens with one attached hydrogen (secondary N) is 1. The zero-order valence-corrected chi connectivity index (χ0v) is 11.0. The third-order valence-corrected chi connectivity index (χ3v) is 5.56. The Hall–Kier alpha value is 0.0700. The van der Waals surface area contributed by atoms with E-state index < -0.39 is 10.8 Å². The first kappa shape index (κ1) is 13.1. The Labute approximate surface area is 95.4 Å². The molecule has 0 aromatic carbocycles. The Balaban J connectivity index is 2.51. The van der Waals surface area contributed by atoms with E-state index in [4.69, 9.17) is 4.74 Å². The van der Waals surface area contributed by atoms with E-state index in [9.17, 15) is 4.21 Å². The summed E-state index contributed by atoms with van der Waals surface area (Å²) in [7, 11) is -0.789. The molecule has 1 fully saturated rings. The van der Waals surface area contributed by atoms with Crippen LogP contribution in [-0.4, -0.2) is 40.0 Å². The Kier molecular flexibility index (Phi) is 5.23. The van der Waals surface area contributed by atoms with Crippen LogP contribution in [0.25, 0.3) is 0 Å². The average Bonchev–Trinajstić information content (AvgIpc) is 2.62. The van der Waals surface area contributed by atoms with Crippen LogP contribution >= 0.6 is 0 Å². The molecule has 0 aromatic rings. The highest BCUT2D eigenvalue weighted by Gasteiger charge is 2.33. The smallest absolute Gasteiger partial charge is 0.0691 e. The average molecular weight is 233 g/mol. The summed E-state index contributed by atoms with van der Waals surface area (Å²) in [4.78, 5) is 0. The van der Waals surface area contributed by atoms with Crippen LogP contribution in [0, 0.1) is 0 Å². The molecule has 1 saturated heterocycles. The molecule has 1 heterocycles. The molecule has 5 atom stereocenters. The van der Waals surface area contributed by atoms with Crippen molar-refractivity contribution in [3.63, 3.8) is 0 Å². The van der Waals surface area contributed by atoms with E-state index in [0.717, 1.165) is 19.6 Å². The van der Waals surface area contributed by atoms with Crippen LogP contribution in [0.2, 0.25) is 0 Å². The molecule has 1 rings (SSSR count). The first-order valence-electron chi connectivity index (χ1n) is 5.82. The SMILES string of the molecule is CCNC(C)C(C)S(=O)C1CCOC1C. The second kappa shape index (κ2) is 5.97. The molecule has 0 spiro atoms. The maximum absolute atomic E-state index is 12.3. The van der Waals surface area contributed by atoms with Crippen molar-refractivity contribution in [2.24, 2.45) is 0 Å². The molecule has 0 amide bonds. The van der Waals surface area contributed by atoms with Crippen molar-refractivity contribution < 1.29 is 8.95 Å². The van der Waals surface area contributed by atoms with Crippen LogP contribution in [0.5, 0.6) is 0 Å². The van der Waals surface area contributed by atoms with Gasteiger partial charge in [-0.25, -0.2) is 0 Å². The molecule has 0 bridgehead atoms. The van der Waals surface area contributed by atoms with Gasteiger partial charge >= 0.3 is 0 Å². The van der Waals surface area contributed by atoms with Gasteiger partial charge in [-0.1, -0.05) is 6.92 Å². The maximum atomic E-state index is 12.3. The summed E-state index contributed by atoms with van der Waals surface area (Å²) in [6.07, 6.45) is 1.10. The molecule has 4 heteroatoms. The van der Waals surface area contributed by atoms with Crippen molar-refractivity contribution in [1.29, 1.82) is 0 Å². The summed E-state index contributed by atoms with van der Waals surface area (Å²) in [5.41, 5.74) is 0. The summed E-state index contributed by atoms with van der Waals surface area (Å²) in [6.45, 7) is 9.97. The molecule has 3 nitrogen and oxygen atoms in total. The number of rotatable bonds is 5. The fourth-order valence-electron chi connectivity index (χ4n) is 1.98. The first-order chi connectivity index (χ1) is 7.07. The summed E-state index contributed by atoms with van der Waals surface area (Å²) < 4.78 is 17.7. The maximum Gasteiger partial charge on any atom is 0.0691 e. The lowest BCUT2D eigenvalue weighted by Crippen LogP contribution is -2.42. The molecular weight excluding hydrogens is 210 g/mol. The zero-order chi connectivity index (χ0) is 11.4. The summed E-state index contributed by atoms with van der Waals surface area (Å²) in [5.74, 6) is 0. The predicted molar refractivity (Wildman–Crippen MR) is 64.6 cm³/mol. The monoisotopic (exact) mass is 233 g/mol. The Bertz CT molecular complexity index is 223. The zero-order valence-electron chi connectivity index (χ0n) is 10.2. The van der Waals surface area contributed by atoms with Gasteiger partial charge in [-0.15, -0.1) is 0 Å². The van der Waals surface area contributed by atoms with E-state index >= 15 is 0 Å². The third kappa shape index (κ3) is 3.26. The van der Waals surface area contributed by atoms with Gasteiger partial charge in [-0.2, -0.15) is 0 Å². The van der Waals surface area contributed by atoms with Crippen molar-refractivity contribution in [2.45, 2.75) is 56.8 Å². The van der Waals surface area contributed by atoms with Gasteiger partial charge in [0.2, 0.25) is 0 Å². The molecule has 0 aliphatic carbocycles. The molecule has 1 aliphatic rings. The van der Waals surface area contributed by atoms with Gasteiger partial charge in [0.1, 0.15) is 0 Å². The van der Waals surface area contributed by atoms with E-state index in [2.05, 4.69) is 26.1 Å². The van der Waals surface area contributed by atoms with Crippen molar-refractivity contribution in [3.8, 4) is 0 Å². The molecule has 0 saturated carbocycles. The molecular formula is C11H23NO2S. The summed E-state index contributed by atoms with van der Waals surface area (Å²) in [5, 5.41) is 3.75. The Morgan fingerprint density at radius 1 is 1.53 bits per heavy atom. The molecule has 5 unspecified atom stereocenters. The normalized spacial score (nSPS) is 32.5. The van der Waals surface area contributed by atoms with Gasteiger partial charge in [-0.05, 0) is 33.7 Å². The Morgan fingerprint density at radius 3 is 2.67 bits per heavy atom. The van der Waals surface area contributed by atoms with Crippen LogP contribution < -0.4 is 5.32 Å². The van der Waals surface area contributed by atoms with E-state index in [-0.39, 0.29) is 16.6 Å². The lowest BCUT2D eigenvalue weighted by Gasteiger charge is -2.24. The lowest BCUT2D eigenvalue weighted by molar-refractivity contribution is 0.126. The first-order valence-corrected chi connectivity index (χ1v) is 7.09. The Morgan fingerprint density at radius 2 is 2.20 bits per heavy atom. The standard InChI is InChI=1S/C11H23NO2S/c1-5-12-8(2)10(4)15(13)11-6-7-14-9(11)3/h8-12H,5-7H2,1-4H3. The molecule has 0 aromatic heterocycles. The highest BCUT2D eigenvalue weighted by molar-refractivity contribution is 7.86. The van der Waals surface area contributed by atoms with Crippen LogP contribution in [0.4, 0.5) is 0 Å². The van der Waals surface area contributed by atoms with Gasteiger partial charge in [0.15, 0.2) is 0 Å². The minimum absolute atomic E-state index is 0.155. The van der Waals surface area contributed by atoms with Gasteiger partial charge in [-0.3, -0.25) is 4.21 Å². The second-order valence-electron chi connectivity index (χ2n) is 4.28. The third-order valence-electron chi connectivity index (χ3n) is 3.20. The van der Waals surface area contributed by atoms with Crippen LogP contribution in [0.1, 0.15) is 34.1 Å². The van der Waals surface area contributed by atoms with Crippen LogP contribution in [0.3, 0.4) is 0 Å². The second-order valence-corrected chi connectivity index (χ2v) is 6.29. The minimum Gasteiger partial charge on any atom is -0.377 e. The molecule has 90 valence electrons. The van der Waals surface area contributed by atoms with Crippen molar-refractivity contribution >= 4 is 10.8 Å². The molecule has 1 N–H and O–H groups in total. The molecule has 0 radical (unpaired) electrons. The van der Waals surface area contributed by atoms with Gasteiger partial charge in [0.25, 0.3) is 0 Å². The number of ether oxygens (including phenoxy) is 1. The predicted octanol–water partition coefficient (Wildman–Crippen LogP) is 1.30. The quantitative estimate of drug-likeness (QED) is 0.778. The van der Waals surface area contributed by atoms with Gasteiger partial charge < -0.3 is 10.1 Å². The largest absolute Gasteiger partial charge is 0.377 e.